The zero-order valence-corrected chi connectivity index (χ0v) is 19.3. The predicted molar refractivity (Wildman–Crippen MR) is 133 cm³/mol. The molecule has 5 rings (SSSR count). The lowest BCUT2D eigenvalue weighted by Gasteiger charge is -2.21. The summed E-state index contributed by atoms with van der Waals surface area (Å²) in [7, 11) is 0. The molecule has 3 heterocycles. The van der Waals surface area contributed by atoms with Crippen LogP contribution in [0, 0.1) is 12.8 Å². The molecule has 1 fully saturated rings. The van der Waals surface area contributed by atoms with Crippen LogP contribution in [0.15, 0.2) is 67.0 Å². The highest BCUT2D eigenvalue weighted by atomic mass is 16.2. The van der Waals surface area contributed by atoms with Crippen molar-refractivity contribution in [3.8, 4) is 11.1 Å². The monoisotopic (exact) mass is 440 g/mol. The summed E-state index contributed by atoms with van der Waals surface area (Å²) in [5, 5.41) is 8.25. The van der Waals surface area contributed by atoms with E-state index in [-0.39, 0.29) is 0 Å². The highest BCUT2D eigenvalue weighted by molar-refractivity contribution is 5.86. The minimum Gasteiger partial charge on any atom is -0.345 e. The molecule has 5 nitrogen and oxygen atoms in total. The van der Waals surface area contributed by atoms with E-state index in [9.17, 15) is 4.79 Å². The number of aromatic amines is 1. The molecule has 1 aliphatic heterocycles. The summed E-state index contributed by atoms with van der Waals surface area (Å²) in [4.78, 5) is 14.9. The predicted octanol–water partition coefficient (Wildman–Crippen LogP) is 5.60. The number of H-pyrrole nitrogens is 1. The van der Waals surface area contributed by atoms with Crippen LogP contribution in [0.25, 0.3) is 22.0 Å². The first-order chi connectivity index (χ1) is 16.2. The lowest BCUT2D eigenvalue weighted by Crippen LogP contribution is -2.32. The Kier molecular flexibility index (Phi) is 6.29. The normalized spacial score (nSPS) is 16.8. The second-order valence-electron chi connectivity index (χ2n) is 9.32. The molecule has 0 saturated carbocycles. The molecular formula is C28H32N4O. The summed E-state index contributed by atoms with van der Waals surface area (Å²) in [6.45, 7) is 4.99. The van der Waals surface area contributed by atoms with Crippen molar-refractivity contribution in [3.05, 3.63) is 78.2 Å². The summed E-state index contributed by atoms with van der Waals surface area (Å²) in [5.41, 5.74) is 6.13. The van der Waals surface area contributed by atoms with Gasteiger partial charge in [-0.15, -0.1) is 0 Å². The zero-order chi connectivity index (χ0) is 22.6. The number of rotatable bonds is 6. The van der Waals surface area contributed by atoms with Gasteiger partial charge in [-0.25, -0.2) is 0 Å². The van der Waals surface area contributed by atoms with Gasteiger partial charge in [-0.2, -0.15) is 5.10 Å². The fourth-order valence-electron chi connectivity index (χ4n) is 5.15. The molecule has 170 valence electrons. The lowest BCUT2D eigenvalue weighted by molar-refractivity contribution is -0.131. The second kappa shape index (κ2) is 9.65. The van der Waals surface area contributed by atoms with Gasteiger partial charge in [0.15, 0.2) is 0 Å². The van der Waals surface area contributed by atoms with Crippen molar-refractivity contribution in [2.45, 2.75) is 45.6 Å². The van der Waals surface area contributed by atoms with Crippen LogP contribution < -0.4 is 0 Å². The van der Waals surface area contributed by atoms with Gasteiger partial charge in [-0.3, -0.25) is 9.89 Å². The van der Waals surface area contributed by atoms with Gasteiger partial charge >= 0.3 is 0 Å². The fourth-order valence-corrected chi connectivity index (χ4v) is 5.15. The first-order valence-electron chi connectivity index (χ1n) is 12.1. The number of hydrogen-bond donors (Lipinski definition) is 1. The van der Waals surface area contributed by atoms with Crippen molar-refractivity contribution in [1.82, 2.24) is 19.7 Å². The Hall–Kier alpha value is -3.34. The van der Waals surface area contributed by atoms with E-state index in [1.54, 1.807) is 0 Å². The van der Waals surface area contributed by atoms with Crippen LogP contribution in [0.3, 0.4) is 0 Å². The molecule has 2 aromatic carbocycles. The smallest absolute Gasteiger partial charge is 0.222 e. The summed E-state index contributed by atoms with van der Waals surface area (Å²) in [6.07, 6.45) is 8.57. The third-order valence-electron chi connectivity index (χ3n) is 7.05. The molecule has 0 bridgehead atoms. The molecular weight excluding hydrogens is 408 g/mol. The minimum atomic E-state index is 0.300. The quantitative estimate of drug-likeness (QED) is 0.424. The van der Waals surface area contributed by atoms with Gasteiger partial charge in [-0.1, -0.05) is 36.4 Å². The van der Waals surface area contributed by atoms with Crippen molar-refractivity contribution >= 4 is 16.8 Å². The first-order valence-corrected chi connectivity index (χ1v) is 12.1. The van der Waals surface area contributed by atoms with Crippen molar-refractivity contribution in [1.29, 1.82) is 0 Å². The molecule has 0 spiro atoms. The van der Waals surface area contributed by atoms with E-state index in [1.807, 2.05) is 30.6 Å². The summed E-state index contributed by atoms with van der Waals surface area (Å²) in [6, 6.07) is 19.3. The molecule has 0 aliphatic carbocycles. The third kappa shape index (κ3) is 4.87. The Labute approximate surface area is 195 Å². The van der Waals surface area contributed by atoms with Crippen LogP contribution in [0.4, 0.5) is 0 Å². The Morgan fingerprint density at radius 3 is 2.76 bits per heavy atom. The number of aromatic nitrogens is 3. The summed E-state index contributed by atoms with van der Waals surface area (Å²) in [5.74, 6) is 0.897. The number of benzene rings is 2. The van der Waals surface area contributed by atoms with Crippen LogP contribution in [0.2, 0.25) is 0 Å². The van der Waals surface area contributed by atoms with Crippen LogP contribution in [-0.2, 0) is 17.8 Å². The average Bonchev–Trinajstić information content (AvgIpc) is 3.40. The standard InChI is InChI=1S/C28H32N4O/c1-21-16-25-17-24(26-18-29-30-19-26)10-11-27(25)32(21)20-23-8-5-14-31(15-13-23)28(33)12-9-22-6-3-2-4-7-22/h2-4,6-7,10-11,16-19,23H,5,8-9,12-15,20H2,1H3,(H,29,30). The van der Waals surface area contributed by atoms with Gasteiger partial charge in [0.2, 0.25) is 5.91 Å². The summed E-state index contributed by atoms with van der Waals surface area (Å²) < 4.78 is 2.46. The average molecular weight is 441 g/mol. The molecule has 1 amide bonds. The zero-order valence-electron chi connectivity index (χ0n) is 19.3. The van der Waals surface area contributed by atoms with Gasteiger partial charge in [0.25, 0.3) is 0 Å². The number of aryl methyl sites for hydroxylation is 2. The van der Waals surface area contributed by atoms with Gasteiger partial charge < -0.3 is 9.47 Å². The molecule has 4 aromatic rings. The molecule has 5 heteroatoms. The molecule has 2 aromatic heterocycles. The maximum absolute atomic E-state index is 12.8. The van der Waals surface area contributed by atoms with Crippen molar-refractivity contribution < 1.29 is 4.79 Å². The van der Waals surface area contributed by atoms with E-state index in [2.05, 4.69) is 63.0 Å². The highest BCUT2D eigenvalue weighted by Crippen LogP contribution is 2.29. The minimum absolute atomic E-state index is 0.300. The summed E-state index contributed by atoms with van der Waals surface area (Å²) >= 11 is 0. The maximum atomic E-state index is 12.8. The number of carbonyl (C=O) groups is 1. The van der Waals surface area contributed by atoms with E-state index in [4.69, 9.17) is 0 Å². The van der Waals surface area contributed by atoms with Crippen LogP contribution in [0.5, 0.6) is 0 Å². The number of nitrogens with one attached hydrogen (secondary N) is 1. The molecule has 1 saturated heterocycles. The molecule has 1 aliphatic rings. The van der Waals surface area contributed by atoms with Gasteiger partial charge in [0, 0.05) is 54.4 Å². The Morgan fingerprint density at radius 2 is 1.94 bits per heavy atom. The topological polar surface area (TPSA) is 53.9 Å². The maximum Gasteiger partial charge on any atom is 0.222 e. The first kappa shape index (κ1) is 21.5. The van der Waals surface area contributed by atoms with Crippen molar-refractivity contribution in [3.63, 3.8) is 0 Å². The number of nitrogens with zero attached hydrogens (tertiary/aromatic N) is 3. The van der Waals surface area contributed by atoms with E-state index >= 15 is 0 Å². The Balaban J connectivity index is 1.22. The van der Waals surface area contributed by atoms with E-state index < -0.39 is 0 Å². The molecule has 1 atom stereocenters. The molecule has 0 radical (unpaired) electrons. The van der Waals surface area contributed by atoms with E-state index in [1.165, 1.54) is 34.1 Å². The number of likely N-dealkylation sites (tertiary alicyclic amines) is 1. The Bertz CT molecular complexity index is 1210. The number of carbonyl (C=O) groups excluding carboxylic acids is 1. The van der Waals surface area contributed by atoms with Crippen LogP contribution >= 0.6 is 0 Å². The SMILES string of the molecule is Cc1cc2cc(-c3cn[nH]c3)ccc2n1CC1CCCN(C(=O)CCc2ccccc2)CC1. The van der Waals surface area contributed by atoms with Crippen LogP contribution in [0.1, 0.15) is 36.9 Å². The number of fused-ring (bicyclic) bond motifs is 1. The highest BCUT2D eigenvalue weighted by Gasteiger charge is 2.22. The molecule has 1 unspecified atom stereocenters. The third-order valence-corrected chi connectivity index (χ3v) is 7.05. The van der Waals surface area contributed by atoms with Crippen LogP contribution in [-0.4, -0.2) is 38.7 Å². The fraction of sp³-hybridized carbons (Fsp3) is 0.357. The molecule has 33 heavy (non-hydrogen) atoms. The lowest BCUT2D eigenvalue weighted by atomic mass is 10.0. The van der Waals surface area contributed by atoms with Crippen molar-refractivity contribution in [2.24, 2.45) is 5.92 Å². The van der Waals surface area contributed by atoms with Crippen molar-refractivity contribution in [2.75, 3.05) is 13.1 Å². The van der Waals surface area contributed by atoms with Gasteiger partial charge in [0.1, 0.15) is 0 Å². The largest absolute Gasteiger partial charge is 0.345 e. The number of hydrogen-bond acceptors (Lipinski definition) is 2. The van der Waals surface area contributed by atoms with Gasteiger partial charge in [-0.05, 0) is 67.9 Å². The Morgan fingerprint density at radius 1 is 1.06 bits per heavy atom. The number of amides is 1. The second-order valence-corrected chi connectivity index (χ2v) is 9.32. The van der Waals surface area contributed by atoms with E-state index in [0.717, 1.165) is 44.5 Å². The molecule has 1 N–H and O–H groups in total. The van der Waals surface area contributed by atoms with E-state index in [0.29, 0.717) is 18.2 Å². The van der Waals surface area contributed by atoms with Gasteiger partial charge in [0.05, 0.1) is 6.20 Å².